The van der Waals surface area contributed by atoms with E-state index in [2.05, 4.69) is 10.3 Å². The average molecular weight is 460 g/mol. The van der Waals surface area contributed by atoms with E-state index < -0.39 is 17.3 Å². The number of benzene rings is 2. The number of carbonyl (C=O) groups is 1. The van der Waals surface area contributed by atoms with Gasteiger partial charge < -0.3 is 14.8 Å². The lowest BCUT2D eigenvalue weighted by Crippen LogP contribution is -2.26. The fraction of sp³-hybridized carbons (Fsp3) is 0.0952. The topological polar surface area (TPSA) is 81.9 Å². The van der Waals surface area contributed by atoms with E-state index >= 15 is 0 Å². The summed E-state index contributed by atoms with van der Waals surface area (Å²) in [6, 6.07) is 8.93. The summed E-state index contributed by atoms with van der Waals surface area (Å²) in [5.41, 5.74) is 0.629. The second kappa shape index (κ2) is 8.37. The molecule has 0 saturated heterocycles. The molecule has 7 nitrogen and oxygen atoms in total. The number of nitrogens with one attached hydrogen (secondary N) is 1. The van der Waals surface area contributed by atoms with Crippen LogP contribution in [-0.2, 0) is 0 Å². The molecule has 2 heterocycles. The second-order valence-electron chi connectivity index (χ2n) is 6.37. The molecule has 1 N–H and O–H groups in total. The first-order valence-electron chi connectivity index (χ1n) is 8.91. The van der Waals surface area contributed by atoms with Gasteiger partial charge >= 0.3 is 0 Å². The molecule has 2 aromatic carbocycles. The fourth-order valence-electron chi connectivity index (χ4n) is 3.02. The molecule has 0 atom stereocenters. The summed E-state index contributed by atoms with van der Waals surface area (Å²) in [7, 11) is 3.06. The number of amides is 1. The minimum Gasteiger partial charge on any atom is -0.497 e. The predicted molar refractivity (Wildman–Crippen MR) is 117 cm³/mol. The highest BCUT2D eigenvalue weighted by molar-refractivity contribution is 7.15. The summed E-state index contributed by atoms with van der Waals surface area (Å²) < 4.78 is 25.4. The molecule has 0 aliphatic heterocycles. The monoisotopic (exact) mass is 459 g/mol. The van der Waals surface area contributed by atoms with Gasteiger partial charge in [-0.1, -0.05) is 11.6 Å². The van der Waals surface area contributed by atoms with Gasteiger partial charge in [0, 0.05) is 22.8 Å². The van der Waals surface area contributed by atoms with Gasteiger partial charge in [0.25, 0.3) is 11.5 Å². The number of ether oxygens (including phenoxy) is 2. The van der Waals surface area contributed by atoms with Crippen molar-refractivity contribution in [3.8, 4) is 22.8 Å². The van der Waals surface area contributed by atoms with Crippen LogP contribution in [0.3, 0.4) is 0 Å². The van der Waals surface area contributed by atoms with Crippen LogP contribution in [0.25, 0.3) is 16.2 Å². The van der Waals surface area contributed by atoms with Crippen molar-refractivity contribution in [3.63, 3.8) is 0 Å². The summed E-state index contributed by atoms with van der Waals surface area (Å²) in [5.74, 6) is -0.191. The van der Waals surface area contributed by atoms with Crippen LogP contribution < -0.4 is 20.3 Å². The van der Waals surface area contributed by atoms with Gasteiger partial charge in [-0.2, -0.15) is 0 Å². The lowest BCUT2D eigenvalue weighted by atomic mass is 10.1. The summed E-state index contributed by atoms with van der Waals surface area (Å²) in [4.78, 5) is 30.6. The number of rotatable bonds is 5. The van der Waals surface area contributed by atoms with Crippen LogP contribution in [0.5, 0.6) is 11.5 Å². The summed E-state index contributed by atoms with van der Waals surface area (Å²) in [6.45, 7) is 0. The predicted octanol–water partition coefficient (Wildman–Crippen LogP) is 4.49. The number of fused-ring (bicyclic) bond motifs is 1. The van der Waals surface area contributed by atoms with Crippen LogP contribution in [0.15, 0.2) is 52.8 Å². The van der Waals surface area contributed by atoms with Crippen molar-refractivity contribution in [1.29, 1.82) is 0 Å². The molecule has 0 aliphatic rings. The zero-order valence-electron chi connectivity index (χ0n) is 16.3. The van der Waals surface area contributed by atoms with Crippen LogP contribution in [-0.4, -0.2) is 29.5 Å². The van der Waals surface area contributed by atoms with Crippen molar-refractivity contribution < 1.29 is 18.7 Å². The minimum atomic E-state index is -0.690. The standard InChI is InChI=1S/C21H15ClFN3O4S/c1-29-12-4-6-18(30-2)13(8-12)17-10-31-21-24-9-14(20(28)26(17)21)19(27)25-11-3-5-16(23)15(22)7-11/h3-10H,1-2H3,(H,25,27). The minimum absolute atomic E-state index is 0.145. The lowest BCUT2D eigenvalue weighted by Gasteiger charge is -2.11. The zero-order valence-corrected chi connectivity index (χ0v) is 17.9. The quantitative estimate of drug-likeness (QED) is 0.475. The molecule has 4 rings (SSSR count). The first kappa shape index (κ1) is 20.8. The number of hydrogen-bond donors (Lipinski definition) is 1. The average Bonchev–Trinajstić information content (AvgIpc) is 3.21. The van der Waals surface area contributed by atoms with E-state index in [0.29, 0.717) is 27.7 Å². The van der Waals surface area contributed by atoms with Crippen LogP contribution in [0, 0.1) is 5.82 Å². The Bertz CT molecular complexity index is 1370. The summed E-state index contributed by atoms with van der Waals surface area (Å²) >= 11 is 7.00. The number of nitrogens with zero attached hydrogens (tertiary/aromatic N) is 2. The first-order chi connectivity index (χ1) is 14.9. The van der Waals surface area contributed by atoms with Crippen molar-refractivity contribution in [2.45, 2.75) is 0 Å². The number of methoxy groups -OCH3 is 2. The van der Waals surface area contributed by atoms with E-state index in [4.69, 9.17) is 21.1 Å². The third kappa shape index (κ3) is 3.85. The Morgan fingerprint density at radius 2 is 2.00 bits per heavy atom. The molecule has 0 spiro atoms. The Labute approximate surface area is 184 Å². The van der Waals surface area contributed by atoms with Crippen molar-refractivity contribution >= 4 is 39.5 Å². The van der Waals surface area contributed by atoms with Gasteiger partial charge in [-0.25, -0.2) is 9.37 Å². The van der Waals surface area contributed by atoms with Gasteiger partial charge in [-0.05, 0) is 36.4 Å². The number of aromatic nitrogens is 2. The van der Waals surface area contributed by atoms with Crippen molar-refractivity contribution in [2.75, 3.05) is 19.5 Å². The maximum atomic E-state index is 13.4. The Morgan fingerprint density at radius 3 is 2.71 bits per heavy atom. The van der Waals surface area contributed by atoms with Crippen molar-refractivity contribution in [3.05, 3.63) is 74.7 Å². The summed E-state index contributed by atoms with van der Waals surface area (Å²) in [5, 5.41) is 4.15. The molecule has 10 heteroatoms. The molecule has 158 valence electrons. The number of carbonyl (C=O) groups excluding carboxylic acids is 1. The number of thiazole rings is 1. The highest BCUT2D eigenvalue weighted by Gasteiger charge is 2.19. The molecule has 0 radical (unpaired) electrons. The zero-order chi connectivity index (χ0) is 22.1. The van der Waals surface area contributed by atoms with Gasteiger partial charge in [0.2, 0.25) is 0 Å². The first-order valence-corrected chi connectivity index (χ1v) is 10.2. The molecule has 2 aromatic heterocycles. The maximum Gasteiger partial charge on any atom is 0.271 e. The van der Waals surface area contributed by atoms with E-state index in [0.717, 1.165) is 6.07 Å². The molecule has 0 aliphatic carbocycles. The van der Waals surface area contributed by atoms with E-state index in [1.165, 1.54) is 48.3 Å². The highest BCUT2D eigenvalue weighted by atomic mass is 35.5. The molecular weight excluding hydrogens is 445 g/mol. The third-order valence-corrected chi connectivity index (χ3v) is 5.68. The molecular formula is C21H15ClFN3O4S. The van der Waals surface area contributed by atoms with Crippen LogP contribution in [0.1, 0.15) is 10.4 Å². The smallest absolute Gasteiger partial charge is 0.271 e. The van der Waals surface area contributed by atoms with Gasteiger partial charge in [0.1, 0.15) is 22.9 Å². The van der Waals surface area contributed by atoms with Crippen LogP contribution in [0.2, 0.25) is 5.02 Å². The SMILES string of the molecule is COc1ccc(OC)c(-c2csc3ncc(C(=O)Nc4ccc(F)c(Cl)c4)c(=O)n23)c1. The van der Waals surface area contributed by atoms with Gasteiger partial charge in [-0.3, -0.25) is 14.0 Å². The highest BCUT2D eigenvalue weighted by Crippen LogP contribution is 2.35. The van der Waals surface area contributed by atoms with Crippen LogP contribution >= 0.6 is 22.9 Å². The van der Waals surface area contributed by atoms with E-state index in [-0.39, 0.29) is 16.3 Å². The largest absolute Gasteiger partial charge is 0.497 e. The van der Waals surface area contributed by atoms with E-state index in [1.54, 1.807) is 23.6 Å². The lowest BCUT2D eigenvalue weighted by molar-refractivity contribution is 0.102. The number of hydrogen-bond acceptors (Lipinski definition) is 6. The van der Waals surface area contributed by atoms with E-state index in [1.807, 2.05) is 0 Å². The van der Waals surface area contributed by atoms with Crippen molar-refractivity contribution in [2.24, 2.45) is 0 Å². The van der Waals surface area contributed by atoms with Gasteiger partial charge in [0.05, 0.1) is 24.9 Å². The Morgan fingerprint density at radius 1 is 1.19 bits per heavy atom. The molecule has 4 aromatic rings. The van der Waals surface area contributed by atoms with Crippen molar-refractivity contribution in [1.82, 2.24) is 9.38 Å². The Kier molecular flexibility index (Phi) is 5.62. The Hall–Kier alpha value is -3.43. The maximum absolute atomic E-state index is 13.4. The molecule has 0 fully saturated rings. The molecule has 31 heavy (non-hydrogen) atoms. The number of anilines is 1. The molecule has 0 unspecified atom stereocenters. The molecule has 0 saturated carbocycles. The summed E-state index contributed by atoms with van der Waals surface area (Å²) in [6.07, 6.45) is 1.21. The molecule has 1 amide bonds. The van der Waals surface area contributed by atoms with Crippen LogP contribution in [0.4, 0.5) is 10.1 Å². The second-order valence-corrected chi connectivity index (χ2v) is 7.61. The Balaban J connectivity index is 1.80. The third-order valence-electron chi connectivity index (χ3n) is 4.55. The van der Waals surface area contributed by atoms with Gasteiger partial charge in [0.15, 0.2) is 4.96 Å². The number of halogens is 2. The normalized spacial score (nSPS) is 10.8. The van der Waals surface area contributed by atoms with E-state index in [9.17, 15) is 14.0 Å². The fourth-order valence-corrected chi connectivity index (χ4v) is 4.05. The van der Waals surface area contributed by atoms with Gasteiger partial charge in [-0.15, -0.1) is 11.3 Å². The molecule has 0 bridgehead atoms.